The number of piperidine rings is 1. The molecule has 2 heterocycles. The van der Waals surface area contributed by atoms with E-state index in [4.69, 9.17) is 0 Å². The molecule has 1 fully saturated rings. The van der Waals surface area contributed by atoms with Gasteiger partial charge in [0.2, 0.25) is 0 Å². The number of benzene rings is 2. The molecular formula is C27H33N3O3. The highest BCUT2D eigenvalue weighted by atomic mass is 16.3. The van der Waals surface area contributed by atoms with Crippen molar-refractivity contribution in [2.75, 3.05) is 42.6 Å². The van der Waals surface area contributed by atoms with E-state index >= 15 is 0 Å². The van der Waals surface area contributed by atoms with Crippen molar-refractivity contribution in [2.45, 2.75) is 33.6 Å². The fraction of sp³-hybridized carbons (Fsp3) is 0.407. The van der Waals surface area contributed by atoms with E-state index in [-0.39, 0.29) is 24.3 Å². The molecule has 174 valence electrons. The summed E-state index contributed by atoms with van der Waals surface area (Å²) in [6, 6.07) is 15.4. The number of hydrogen-bond donors (Lipinski definition) is 1. The average molecular weight is 448 g/mol. The van der Waals surface area contributed by atoms with Crippen LogP contribution in [0, 0.1) is 12.8 Å². The minimum absolute atomic E-state index is 0.0856. The Labute approximate surface area is 196 Å². The third-order valence-electron chi connectivity index (χ3n) is 6.73. The van der Waals surface area contributed by atoms with Gasteiger partial charge < -0.3 is 14.9 Å². The van der Waals surface area contributed by atoms with Crippen LogP contribution in [0.25, 0.3) is 5.57 Å². The molecule has 6 nitrogen and oxygen atoms in total. The van der Waals surface area contributed by atoms with Crippen LogP contribution in [0.4, 0.5) is 11.4 Å². The molecule has 1 atom stereocenters. The Bertz CT molecular complexity index is 1040. The van der Waals surface area contributed by atoms with Crippen molar-refractivity contribution < 1.29 is 14.7 Å². The monoisotopic (exact) mass is 447 g/mol. The summed E-state index contributed by atoms with van der Waals surface area (Å²) in [7, 11) is 0. The van der Waals surface area contributed by atoms with Gasteiger partial charge in [-0.2, -0.15) is 0 Å². The number of aliphatic hydroxyl groups excluding tert-OH is 1. The molecular weight excluding hydrogens is 414 g/mol. The van der Waals surface area contributed by atoms with Crippen LogP contribution in [0.1, 0.15) is 37.8 Å². The fourth-order valence-corrected chi connectivity index (χ4v) is 4.84. The molecule has 2 aromatic carbocycles. The Morgan fingerprint density at radius 3 is 2.24 bits per heavy atom. The second kappa shape index (κ2) is 9.79. The van der Waals surface area contributed by atoms with Crippen LogP contribution >= 0.6 is 0 Å². The smallest absolute Gasteiger partial charge is 0.282 e. The van der Waals surface area contributed by atoms with Crippen molar-refractivity contribution in [1.29, 1.82) is 0 Å². The number of likely N-dealkylation sites (tertiary alicyclic amines) is 1. The molecule has 2 aliphatic rings. The second-order valence-corrected chi connectivity index (χ2v) is 8.86. The largest absolute Gasteiger partial charge is 0.396 e. The number of nitrogens with zero attached hydrogens (tertiary/aromatic N) is 3. The molecule has 0 bridgehead atoms. The number of rotatable bonds is 7. The third-order valence-corrected chi connectivity index (χ3v) is 6.73. The summed E-state index contributed by atoms with van der Waals surface area (Å²) in [5.74, 6) is -0.471. The third kappa shape index (κ3) is 4.40. The molecule has 33 heavy (non-hydrogen) atoms. The van der Waals surface area contributed by atoms with Crippen molar-refractivity contribution in [2.24, 2.45) is 5.92 Å². The van der Waals surface area contributed by atoms with E-state index in [0.29, 0.717) is 30.0 Å². The van der Waals surface area contributed by atoms with Gasteiger partial charge in [-0.05, 0) is 69.4 Å². The number of amides is 2. The summed E-state index contributed by atoms with van der Waals surface area (Å²) >= 11 is 0. The van der Waals surface area contributed by atoms with Crippen LogP contribution in [0.5, 0.6) is 0 Å². The van der Waals surface area contributed by atoms with Crippen LogP contribution in [0.3, 0.4) is 0 Å². The lowest BCUT2D eigenvalue weighted by atomic mass is 9.96. The summed E-state index contributed by atoms with van der Waals surface area (Å²) in [5, 5.41) is 9.72. The van der Waals surface area contributed by atoms with Gasteiger partial charge in [0.25, 0.3) is 11.8 Å². The van der Waals surface area contributed by atoms with E-state index in [2.05, 4.69) is 18.7 Å². The molecule has 1 N–H and O–H groups in total. The Hall–Kier alpha value is -3.12. The lowest BCUT2D eigenvalue weighted by Crippen LogP contribution is -2.40. The second-order valence-electron chi connectivity index (χ2n) is 8.86. The van der Waals surface area contributed by atoms with Crippen LogP contribution in [-0.2, 0) is 9.59 Å². The van der Waals surface area contributed by atoms with Gasteiger partial charge in [0, 0.05) is 38.5 Å². The van der Waals surface area contributed by atoms with E-state index in [9.17, 15) is 14.7 Å². The minimum atomic E-state index is -0.291. The SMILES string of the molecule is CCN(CC)c1ccc(N2C(=O)C(c3ccc(C)cc3)=C(N3CCCC(CO)C3)C2=O)cc1. The van der Waals surface area contributed by atoms with Crippen molar-refractivity contribution in [3.63, 3.8) is 0 Å². The van der Waals surface area contributed by atoms with Gasteiger partial charge in [0.05, 0.1) is 11.3 Å². The topological polar surface area (TPSA) is 64.1 Å². The summed E-state index contributed by atoms with van der Waals surface area (Å²) in [6.45, 7) is 9.36. The summed E-state index contributed by atoms with van der Waals surface area (Å²) < 4.78 is 0. The molecule has 0 aliphatic carbocycles. The summed E-state index contributed by atoms with van der Waals surface area (Å²) in [5.41, 5.74) is 4.40. The van der Waals surface area contributed by atoms with Crippen LogP contribution in [0.15, 0.2) is 54.2 Å². The van der Waals surface area contributed by atoms with Crippen LogP contribution in [0.2, 0.25) is 0 Å². The molecule has 0 aromatic heterocycles. The van der Waals surface area contributed by atoms with Gasteiger partial charge in [-0.25, -0.2) is 4.90 Å². The molecule has 0 saturated carbocycles. The van der Waals surface area contributed by atoms with Gasteiger partial charge in [-0.1, -0.05) is 29.8 Å². The fourth-order valence-electron chi connectivity index (χ4n) is 4.84. The van der Waals surface area contributed by atoms with Crippen LogP contribution < -0.4 is 9.80 Å². The molecule has 1 saturated heterocycles. The van der Waals surface area contributed by atoms with Gasteiger partial charge >= 0.3 is 0 Å². The minimum Gasteiger partial charge on any atom is -0.396 e. The van der Waals surface area contributed by atoms with Crippen molar-refractivity contribution >= 4 is 28.8 Å². The molecule has 1 unspecified atom stereocenters. The lowest BCUT2D eigenvalue weighted by molar-refractivity contribution is -0.120. The van der Waals surface area contributed by atoms with E-state index in [0.717, 1.165) is 42.7 Å². The number of aliphatic hydroxyl groups is 1. The van der Waals surface area contributed by atoms with Gasteiger partial charge in [-0.3, -0.25) is 9.59 Å². The zero-order chi connectivity index (χ0) is 23.5. The van der Waals surface area contributed by atoms with Gasteiger partial charge in [0.1, 0.15) is 5.70 Å². The molecule has 4 rings (SSSR count). The molecule has 2 aromatic rings. The maximum Gasteiger partial charge on any atom is 0.282 e. The van der Waals surface area contributed by atoms with Crippen molar-refractivity contribution in [1.82, 2.24) is 4.90 Å². The molecule has 2 amide bonds. The quantitative estimate of drug-likeness (QED) is 0.654. The zero-order valence-electron chi connectivity index (χ0n) is 19.8. The Kier molecular flexibility index (Phi) is 6.84. The Morgan fingerprint density at radius 2 is 1.64 bits per heavy atom. The number of carbonyl (C=O) groups is 2. The molecule has 0 spiro atoms. The normalized spacial score (nSPS) is 19.0. The average Bonchev–Trinajstić information content (AvgIpc) is 3.11. The highest BCUT2D eigenvalue weighted by Crippen LogP contribution is 2.37. The zero-order valence-corrected chi connectivity index (χ0v) is 19.8. The number of aryl methyl sites for hydroxylation is 1. The highest BCUT2D eigenvalue weighted by Gasteiger charge is 2.43. The number of imide groups is 1. The van der Waals surface area contributed by atoms with E-state index in [1.807, 2.05) is 60.4 Å². The molecule has 2 aliphatic heterocycles. The van der Waals surface area contributed by atoms with Crippen molar-refractivity contribution in [3.05, 3.63) is 65.4 Å². The molecule has 0 radical (unpaired) electrons. The van der Waals surface area contributed by atoms with Gasteiger partial charge in [-0.15, -0.1) is 0 Å². The molecule has 6 heteroatoms. The first-order valence-corrected chi connectivity index (χ1v) is 11.9. The Balaban J connectivity index is 1.74. The Morgan fingerprint density at radius 1 is 0.970 bits per heavy atom. The number of hydrogen-bond acceptors (Lipinski definition) is 5. The lowest BCUT2D eigenvalue weighted by Gasteiger charge is -2.34. The highest BCUT2D eigenvalue weighted by molar-refractivity contribution is 6.45. The predicted molar refractivity (Wildman–Crippen MR) is 132 cm³/mol. The standard InChI is InChI=1S/C27H33N3O3/c1-4-28(5-2)22-12-14-23(15-13-22)30-26(32)24(21-10-8-19(3)9-11-21)25(27(30)33)29-16-6-7-20(17-29)18-31/h8-15,20,31H,4-7,16-18H2,1-3H3. The summed E-state index contributed by atoms with van der Waals surface area (Å²) in [6.07, 6.45) is 1.81. The van der Waals surface area contributed by atoms with Crippen LogP contribution in [-0.4, -0.2) is 54.6 Å². The van der Waals surface area contributed by atoms with E-state index < -0.39 is 0 Å². The first-order valence-electron chi connectivity index (χ1n) is 11.9. The maximum absolute atomic E-state index is 13.7. The predicted octanol–water partition coefficient (Wildman–Crippen LogP) is 3.83. The maximum atomic E-state index is 13.7. The number of carbonyl (C=O) groups excluding carboxylic acids is 2. The first kappa shape index (κ1) is 23.1. The number of anilines is 2. The summed E-state index contributed by atoms with van der Waals surface area (Å²) in [4.78, 5) is 33.0. The van der Waals surface area contributed by atoms with Crippen molar-refractivity contribution in [3.8, 4) is 0 Å². The van der Waals surface area contributed by atoms with E-state index in [1.165, 1.54) is 4.90 Å². The van der Waals surface area contributed by atoms with Gasteiger partial charge in [0.15, 0.2) is 0 Å². The van der Waals surface area contributed by atoms with E-state index in [1.54, 1.807) is 0 Å². The first-order chi connectivity index (χ1) is 16.0.